The van der Waals surface area contributed by atoms with Gasteiger partial charge in [0.25, 0.3) is 0 Å². The summed E-state index contributed by atoms with van der Waals surface area (Å²) < 4.78 is 10.2. The number of hydrogen-bond acceptors (Lipinski definition) is 3. The summed E-state index contributed by atoms with van der Waals surface area (Å²) in [7, 11) is 3.11. The Morgan fingerprint density at radius 3 is 2.50 bits per heavy atom. The van der Waals surface area contributed by atoms with Crippen molar-refractivity contribution in [2.75, 3.05) is 14.2 Å². The van der Waals surface area contributed by atoms with Gasteiger partial charge in [-0.25, -0.2) is 4.79 Å². The smallest absolute Gasteiger partial charge is 0.330 e. The number of carbonyl (C=O) groups is 1. The fourth-order valence-electron chi connectivity index (χ4n) is 2.70. The standard InChI is InChI=1S/C15H18O3/c1-10-11(8-9-14(16)17-2)12-6-4-5-7-13(12)15(10)18-3/h4-11,15H,1-3H3. The average Bonchev–Trinajstić information content (AvgIpc) is 2.67. The topological polar surface area (TPSA) is 35.5 Å². The summed E-state index contributed by atoms with van der Waals surface area (Å²) in [6, 6.07) is 8.22. The van der Waals surface area contributed by atoms with Crippen molar-refractivity contribution in [3.05, 3.63) is 47.5 Å². The fourth-order valence-corrected chi connectivity index (χ4v) is 2.70. The molecule has 0 saturated carbocycles. The van der Waals surface area contributed by atoms with Crippen molar-refractivity contribution in [1.29, 1.82) is 0 Å². The van der Waals surface area contributed by atoms with Crippen LogP contribution in [0, 0.1) is 5.92 Å². The van der Waals surface area contributed by atoms with Gasteiger partial charge in [-0.15, -0.1) is 0 Å². The van der Waals surface area contributed by atoms with Gasteiger partial charge in [-0.2, -0.15) is 0 Å². The second-order valence-electron chi connectivity index (χ2n) is 4.55. The minimum Gasteiger partial charge on any atom is -0.466 e. The van der Waals surface area contributed by atoms with E-state index in [9.17, 15) is 4.79 Å². The van der Waals surface area contributed by atoms with Gasteiger partial charge in [0.1, 0.15) is 0 Å². The molecule has 0 saturated heterocycles. The molecule has 0 aliphatic heterocycles. The van der Waals surface area contributed by atoms with E-state index < -0.39 is 0 Å². The van der Waals surface area contributed by atoms with Crippen molar-refractivity contribution in [1.82, 2.24) is 0 Å². The zero-order chi connectivity index (χ0) is 13.1. The molecule has 3 heteroatoms. The highest BCUT2D eigenvalue weighted by atomic mass is 16.5. The molecule has 0 aromatic heterocycles. The summed E-state index contributed by atoms with van der Waals surface area (Å²) in [5.41, 5.74) is 2.45. The highest BCUT2D eigenvalue weighted by molar-refractivity contribution is 5.82. The van der Waals surface area contributed by atoms with E-state index in [1.54, 1.807) is 7.11 Å². The quantitative estimate of drug-likeness (QED) is 0.607. The van der Waals surface area contributed by atoms with Gasteiger partial charge in [-0.05, 0) is 17.0 Å². The molecule has 3 unspecified atom stereocenters. The van der Waals surface area contributed by atoms with Crippen LogP contribution in [-0.2, 0) is 14.3 Å². The number of methoxy groups -OCH3 is 2. The van der Waals surface area contributed by atoms with E-state index in [-0.39, 0.29) is 18.0 Å². The molecule has 1 aromatic carbocycles. The Kier molecular flexibility index (Phi) is 3.82. The lowest BCUT2D eigenvalue weighted by Crippen LogP contribution is -2.09. The molecule has 0 bridgehead atoms. The molecule has 18 heavy (non-hydrogen) atoms. The van der Waals surface area contributed by atoms with Gasteiger partial charge < -0.3 is 9.47 Å². The fraction of sp³-hybridized carbons (Fsp3) is 0.400. The van der Waals surface area contributed by atoms with Crippen LogP contribution in [0.5, 0.6) is 0 Å². The van der Waals surface area contributed by atoms with Gasteiger partial charge in [0, 0.05) is 19.1 Å². The van der Waals surface area contributed by atoms with Crippen molar-refractivity contribution in [3.8, 4) is 0 Å². The maximum Gasteiger partial charge on any atom is 0.330 e. The Morgan fingerprint density at radius 1 is 1.22 bits per heavy atom. The summed E-state index contributed by atoms with van der Waals surface area (Å²) in [5, 5.41) is 0. The first-order valence-electron chi connectivity index (χ1n) is 6.06. The molecular formula is C15H18O3. The Bertz CT molecular complexity index is 465. The molecule has 1 aromatic rings. The second-order valence-corrected chi connectivity index (χ2v) is 4.55. The van der Waals surface area contributed by atoms with Gasteiger partial charge in [-0.3, -0.25) is 0 Å². The molecular weight excluding hydrogens is 228 g/mol. The molecule has 1 aliphatic carbocycles. The summed E-state index contributed by atoms with van der Waals surface area (Å²) in [6.45, 7) is 2.14. The number of ether oxygens (including phenoxy) is 2. The Balaban J connectivity index is 2.32. The summed E-state index contributed by atoms with van der Waals surface area (Å²) in [5.74, 6) is 0.194. The van der Waals surface area contributed by atoms with Crippen LogP contribution < -0.4 is 0 Å². The van der Waals surface area contributed by atoms with Crippen LogP contribution in [0.4, 0.5) is 0 Å². The lowest BCUT2D eigenvalue weighted by atomic mass is 9.93. The van der Waals surface area contributed by atoms with Crippen molar-refractivity contribution in [2.45, 2.75) is 18.9 Å². The maximum absolute atomic E-state index is 11.2. The van der Waals surface area contributed by atoms with Crippen LogP contribution in [0.15, 0.2) is 36.4 Å². The molecule has 0 heterocycles. The number of esters is 1. The van der Waals surface area contributed by atoms with Gasteiger partial charge in [-0.1, -0.05) is 37.3 Å². The molecule has 96 valence electrons. The van der Waals surface area contributed by atoms with Gasteiger partial charge in [0.2, 0.25) is 0 Å². The molecule has 1 aliphatic rings. The molecule has 2 rings (SSSR count). The lowest BCUT2D eigenvalue weighted by molar-refractivity contribution is -0.134. The van der Waals surface area contributed by atoms with Crippen LogP contribution in [0.2, 0.25) is 0 Å². The van der Waals surface area contributed by atoms with Crippen molar-refractivity contribution >= 4 is 5.97 Å². The number of carbonyl (C=O) groups excluding carboxylic acids is 1. The summed E-state index contributed by atoms with van der Waals surface area (Å²) in [6.07, 6.45) is 3.50. The van der Waals surface area contributed by atoms with Crippen LogP contribution in [-0.4, -0.2) is 20.2 Å². The van der Waals surface area contributed by atoms with Crippen LogP contribution >= 0.6 is 0 Å². The molecule has 0 radical (unpaired) electrons. The molecule has 3 atom stereocenters. The second kappa shape index (κ2) is 5.36. The number of hydrogen-bond donors (Lipinski definition) is 0. The summed E-state index contributed by atoms with van der Waals surface area (Å²) in [4.78, 5) is 11.2. The largest absolute Gasteiger partial charge is 0.466 e. The molecule has 0 amide bonds. The average molecular weight is 246 g/mol. The lowest BCUT2D eigenvalue weighted by Gasteiger charge is -2.17. The first-order valence-corrected chi connectivity index (χ1v) is 6.06. The Morgan fingerprint density at radius 2 is 1.89 bits per heavy atom. The van der Waals surface area contributed by atoms with Crippen LogP contribution in [0.1, 0.15) is 30.1 Å². The van der Waals surface area contributed by atoms with Crippen molar-refractivity contribution < 1.29 is 14.3 Å². The third-order valence-corrected chi connectivity index (χ3v) is 3.60. The molecule has 3 nitrogen and oxygen atoms in total. The molecule has 0 fully saturated rings. The van der Waals surface area contributed by atoms with E-state index in [1.165, 1.54) is 24.3 Å². The van der Waals surface area contributed by atoms with E-state index >= 15 is 0 Å². The van der Waals surface area contributed by atoms with E-state index in [0.29, 0.717) is 5.92 Å². The van der Waals surface area contributed by atoms with E-state index in [4.69, 9.17) is 4.74 Å². The Hall–Kier alpha value is -1.61. The monoisotopic (exact) mass is 246 g/mol. The highest BCUT2D eigenvalue weighted by Crippen LogP contribution is 2.47. The first-order chi connectivity index (χ1) is 8.69. The molecule has 0 N–H and O–H groups in total. The minimum absolute atomic E-state index is 0.0912. The van der Waals surface area contributed by atoms with Crippen LogP contribution in [0.3, 0.4) is 0 Å². The normalized spacial score (nSPS) is 26.3. The van der Waals surface area contributed by atoms with Crippen molar-refractivity contribution in [2.24, 2.45) is 5.92 Å². The number of fused-ring (bicyclic) bond motifs is 1. The first kappa shape index (κ1) is 12.8. The third kappa shape index (κ3) is 2.18. The minimum atomic E-state index is -0.319. The van der Waals surface area contributed by atoms with Crippen molar-refractivity contribution in [3.63, 3.8) is 0 Å². The zero-order valence-corrected chi connectivity index (χ0v) is 10.9. The zero-order valence-electron chi connectivity index (χ0n) is 10.9. The molecule has 0 spiro atoms. The van der Waals surface area contributed by atoms with Crippen LogP contribution in [0.25, 0.3) is 0 Å². The Labute approximate surface area is 107 Å². The van der Waals surface area contributed by atoms with Gasteiger partial charge in [0.15, 0.2) is 0 Å². The number of benzene rings is 1. The van der Waals surface area contributed by atoms with Gasteiger partial charge in [0.05, 0.1) is 13.2 Å². The maximum atomic E-state index is 11.2. The summed E-state index contributed by atoms with van der Waals surface area (Å²) >= 11 is 0. The SMILES string of the molecule is COC(=O)C=CC1c2ccccc2C(OC)C1C. The van der Waals surface area contributed by atoms with E-state index in [1.807, 2.05) is 18.2 Å². The predicted molar refractivity (Wildman–Crippen MR) is 69.3 cm³/mol. The predicted octanol–water partition coefficient (Wildman–Crippen LogP) is 2.84. The highest BCUT2D eigenvalue weighted by Gasteiger charge is 2.36. The number of rotatable bonds is 3. The van der Waals surface area contributed by atoms with Gasteiger partial charge >= 0.3 is 5.97 Å². The van der Waals surface area contributed by atoms with E-state index in [0.717, 1.165) is 0 Å². The number of allylic oxidation sites excluding steroid dienone is 1. The third-order valence-electron chi connectivity index (χ3n) is 3.60. The van der Waals surface area contributed by atoms with E-state index in [2.05, 4.69) is 23.8 Å².